The molecule has 1 aliphatic rings. The summed E-state index contributed by atoms with van der Waals surface area (Å²) in [7, 11) is 0. The van der Waals surface area contributed by atoms with Crippen molar-refractivity contribution in [2.45, 2.75) is 58.3 Å². The van der Waals surface area contributed by atoms with Gasteiger partial charge in [-0.3, -0.25) is 14.4 Å². The zero-order valence-corrected chi connectivity index (χ0v) is 15.4. The molecule has 2 heterocycles. The Morgan fingerprint density at radius 1 is 1.32 bits per heavy atom. The maximum Gasteiger partial charge on any atom is 0.242 e. The highest BCUT2D eigenvalue weighted by molar-refractivity contribution is 5.83. The predicted molar refractivity (Wildman–Crippen MR) is 99.2 cm³/mol. The first-order valence-corrected chi connectivity index (χ1v) is 9.14. The zero-order valence-electron chi connectivity index (χ0n) is 15.4. The maximum absolute atomic E-state index is 13.0. The molecule has 1 fully saturated rings. The molecule has 5 nitrogen and oxygen atoms in total. The standard InChI is InChI=1S/C20H28N4O/c1-15(2)22-20(25)19(17-8-5-4-6-9-17)24-11-7-10-18(24)14-23-13-16(3)12-21-23/h4-6,8-9,12-13,15,18-19H,7,10-11,14H2,1-3H3,(H,22,25). The molecule has 2 aromatic rings. The monoisotopic (exact) mass is 340 g/mol. The van der Waals surface area contributed by atoms with Gasteiger partial charge >= 0.3 is 0 Å². The Labute approximate surface area is 150 Å². The van der Waals surface area contributed by atoms with Gasteiger partial charge in [0.15, 0.2) is 0 Å². The lowest BCUT2D eigenvalue weighted by molar-refractivity contribution is -0.127. The summed E-state index contributed by atoms with van der Waals surface area (Å²) in [4.78, 5) is 15.3. The van der Waals surface area contributed by atoms with Gasteiger partial charge in [0, 0.05) is 18.3 Å². The molecule has 0 spiro atoms. The molecule has 0 saturated carbocycles. The number of carbonyl (C=O) groups excluding carboxylic acids is 1. The number of nitrogens with zero attached hydrogens (tertiary/aromatic N) is 3. The van der Waals surface area contributed by atoms with Gasteiger partial charge in [-0.05, 0) is 51.3 Å². The van der Waals surface area contributed by atoms with E-state index >= 15 is 0 Å². The van der Waals surface area contributed by atoms with Crippen molar-refractivity contribution in [1.82, 2.24) is 20.0 Å². The molecule has 1 saturated heterocycles. The van der Waals surface area contributed by atoms with Gasteiger partial charge in [0.1, 0.15) is 6.04 Å². The molecule has 0 aliphatic carbocycles. The fourth-order valence-electron chi connectivity index (χ4n) is 3.67. The van der Waals surface area contributed by atoms with Crippen LogP contribution >= 0.6 is 0 Å². The van der Waals surface area contributed by atoms with E-state index in [0.717, 1.165) is 31.5 Å². The number of nitrogens with one attached hydrogen (secondary N) is 1. The van der Waals surface area contributed by atoms with E-state index in [4.69, 9.17) is 0 Å². The molecule has 1 N–H and O–H groups in total. The molecule has 0 bridgehead atoms. The topological polar surface area (TPSA) is 50.2 Å². The van der Waals surface area contributed by atoms with Crippen LogP contribution in [0.5, 0.6) is 0 Å². The van der Waals surface area contributed by atoms with Crippen LogP contribution in [0.1, 0.15) is 43.9 Å². The van der Waals surface area contributed by atoms with Crippen LogP contribution in [0.25, 0.3) is 0 Å². The van der Waals surface area contributed by atoms with Gasteiger partial charge in [-0.2, -0.15) is 5.10 Å². The number of hydrogen-bond acceptors (Lipinski definition) is 3. The summed E-state index contributed by atoms with van der Waals surface area (Å²) < 4.78 is 2.00. The quantitative estimate of drug-likeness (QED) is 0.880. The van der Waals surface area contributed by atoms with Crippen molar-refractivity contribution in [3.8, 4) is 0 Å². The van der Waals surface area contributed by atoms with Crippen LogP contribution in [-0.4, -0.2) is 39.2 Å². The number of aryl methyl sites for hydroxylation is 1. The Bertz CT molecular complexity index is 695. The lowest BCUT2D eigenvalue weighted by atomic mass is 10.0. The van der Waals surface area contributed by atoms with Crippen molar-refractivity contribution >= 4 is 5.91 Å². The van der Waals surface area contributed by atoms with E-state index in [1.54, 1.807) is 0 Å². The molecule has 25 heavy (non-hydrogen) atoms. The molecule has 1 aliphatic heterocycles. The molecule has 5 heteroatoms. The van der Waals surface area contributed by atoms with Gasteiger partial charge in [0.05, 0.1) is 12.7 Å². The SMILES string of the molecule is Cc1cnn(CC2CCCN2C(C(=O)NC(C)C)c2ccccc2)c1. The van der Waals surface area contributed by atoms with Gasteiger partial charge in [-0.15, -0.1) is 0 Å². The highest BCUT2D eigenvalue weighted by Crippen LogP contribution is 2.30. The largest absolute Gasteiger partial charge is 0.352 e. The van der Waals surface area contributed by atoms with E-state index in [9.17, 15) is 4.79 Å². The molecular weight excluding hydrogens is 312 g/mol. The number of carbonyl (C=O) groups is 1. The summed E-state index contributed by atoms with van der Waals surface area (Å²) in [5.41, 5.74) is 2.23. The highest BCUT2D eigenvalue weighted by atomic mass is 16.2. The Hall–Kier alpha value is -2.14. The third-order valence-electron chi connectivity index (χ3n) is 4.71. The number of likely N-dealkylation sites (tertiary alicyclic amines) is 1. The first-order chi connectivity index (χ1) is 12.0. The molecule has 1 amide bonds. The highest BCUT2D eigenvalue weighted by Gasteiger charge is 2.36. The Morgan fingerprint density at radius 3 is 2.72 bits per heavy atom. The molecule has 1 aromatic heterocycles. The number of benzene rings is 1. The molecule has 2 atom stereocenters. The molecular formula is C20H28N4O. The number of hydrogen-bond donors (Lipinski definition) is 1. The van der Waals surface area contributed by atoms with Gasteiger partial charge in [0.25, 0.3) is 0 Å². The second-order valence-electron chi connectivity index (χ2n) is 7.25. The lowest BCUT2D eigenvalue weighted by Crippen LogP contribution is -2.45. The second kappa shape index (κ2) is 7.83. The Morgan fingerprint density at radius 2 is 2.08 bits per heavy atom. The Kier molecular flexibility index (Phi) is 5.53. The second-order valence-corrected chi connectivity index (χ2v) is 7.25. The smallest absolute Gasteiger partial charge is 0.242 e. The lowest BCUT2D eigenvalue weighted by Gasteiger charge is -2.33. The van der Waals surface area contributed by atoms with Crippen LogP contribution in [0.2, 0.25) is 0 Å². The Balaban J connectivity index is 1.84. The van der Waals surface area contributed by atoms with Crippen molar-refractivity contribution in [3.05, 3.63) is 53.9 Å². The molecule has 134 valence electrons. The number of rotatable bonds is 6. The van der Waals surface area contributed by atoms with E-state index in [0.29, 0.717) is 6.04 Å². The average Bonchev–Trinajstić information content (AvgIpc) is 3.18. The fourth-order valence-corrected chi connectivity index (χ4v) is 3.67. The van der Waals surface area contributed by atoms with Gasteiger partial charge in [-0.1, -0.05) is 30.3 Å². The third-order valence-corrected chi connectivity index (χ3v) is 4.71. The number of amides is 1. The van der Waals surface area contributed by atoms with Crippen LogP contribution in [0.4, 0.5) is 0 Å². The minimum Gasteiger partial charge on any atom is -0.352 e. The van der Waals surface area contributed by atoms with E-state index in [1.165, 1.54) is 5.56 Å². The summed E-state index contributed by atoms with van der Waals surface area (Å²) >= 11 is 0. The normalized spacial score (nSPS) is 19.3. The van der Waals surface area contributed by atoms with E-state index < -0.39 is 0 Å². The molecule has 2 unspecified atom stereocenters. The van der Waals surface area contributed by atoms with Crippen LogP contribution < -0.4 is 5.32 Å². The van der Waals surface area contributed by atoms with Gasteiger partial charge < -0.3 is 5.32 Å². The fraction of sp³-hybridized carbons (Fsp3) is 0.500. The summed E-state index contributed by atoms with van der Waals surface area (Å²) in [5.74, 6) is 0.0877. The predicted octanol–water partition coefficient (Wildman–Crippen LogP) is 2.92. The van der Waals surface area contributed by atoms with Crippen molar-refractivity contribution in [3.63, 3.8) is 0 Å². The maximum atomic E-state index is 13.0. The van der Waals surface area contributed by atoms with Crippen molar-refractivity contribution in [1.29, 1.82) is 0 Å². The van der Waals surface area contributed by atoms with Crippen LogP contribution in [0.3, 0.4) is 0 Å². The van der Waals surface area contributed by atoms with Gasteiger partial charge in [0.2, 0.25) is 5.91 Å². The molecule has 3 rings (SSSR count). The first kappa shape index (κ1) is 17.7. The molecule has 0 radical (unpaired) electrons. The average molecular weight is 340 g/mol. The van der Waals surface area contributed by atoms with Crippen molar-refractivity contribution < 1.29 is 4.79 Å². The summed E-state index contributed by atoms with van der Waals surface area (Å²) in [6, 6.07) is 10.3. The summed E-state index contributed by atoms with van der Waals surface area (Å²) in [6.45, 7) is 7.84. The van der Waals surface area contributed by atoms with Crippen LogP contribution in [0.15, 0.2) is 42.7 Å². The van der Waals surface area contributed by atoms with Crippen molar-refractivity contribution in [2.24, 2.45) is 0 Å². The minimum absolute atomic E-state index is 0.0877. The first-order valence-electron chi connectivity index (χ1n) is 9.14. The van der Waals surface area contributed by atoms with E-state index in [1.807, 2.05) is 42.9 Å². The minimum atomic E-state index is -0.243. The van der Waals surface area contributed by atoms with E-state index in [2.05, 4.69) is 40.6 Å². The third kappa shape index (κ3) is 4.28. The van der Waals surface area contributed by atoms with E-state index in [-0.39, 0.29) is 18.0 Å². The van der Waals surface area contributed by atoms with Crippen molar-refractivity contribution in [2.75, 3.05) is 6.54 Å². The zero-order chi connectivity index (χ0) is 17.8. The van der Waals surface area contributed by atoms with Crippen LogP contribution in [-0.2, 0) is 11.3 Å². The van der Waals surface area contributed by atoms with Gasteiger partial charge in [-0.25, -0.2) is 0 Å². The summed E-state index contributed by atoms with van der Waals surface area (Å²) in [5, 5.41) is 7.53. The summed E-state index contributed by atoms with van der Waals surface area (Å²) in [6.07, 6.45) is 6.17. The van der Waals surface area contributed by atoms with Crippen LogP contribution in [0, 0.1) is 6.92 Å². The molecule has 1 aromatic carbocycles. The number of aromatic nitrogens is 2.